The Morgan fingerprint density at radius 1 is 1.44 bits per heavy atom. The van der Waals surface area contributed by atoms with Crippen molar-refractivity contribution in [3.8, 4) is 0 Å². The maximum Gasteiger partial charge on any atom is 0.220 e. The van der Waals surface area contributed by atoms with Crippen LogP contribution in [-0.4, -0.2) is 17.4 Å². The molecule has 0 bridgehead atoms. The Hall–Kier alpha value is -1.25. The Balaban J connectivity index is 2.30. The summed E-state index contributed by atoms with van der Waals surface area (Å²) < 4.78 is 0. The van der Waals surface area contributed by atoms with Crippen molar-refractivity contribution in [3.63, 3.8) is 0 Å². The van der Waals surface area contributed by atoms with Crippen LogP contribution in [0.15, 0.2) is 6.07 Å². The van der Waals surface area contributed by atoms with Gasteiger partial charge in [-0.3, -0.25) is 4.79 Å². The monoisotopic (exact) mass is 222 g/mol. The van der Waals surface area contributed by atoms with Crippen LogP contribution in [0.25, 0.3) is 0 Å². The highest BCUT2D eigenvalue weighted by Crippen LogP contribution is 2.09. The SMILES string of the molecule is Cc1cc(CCNC(=O)CC(C)C)c(C)[nH]1. The molecule has 1 rings (SSSR count). The topological polar surface area (TPSA) is 44.9 Å². The summed E-state index contributed by atoms with van der Waals surface area (Å²) >= 11 is 0. The molecule has 1 amide bonds. The van der Waals surface area contributed by atoms with Crippen LogP contribution in [0.1, 0.15) is 37.2 Å². The van der Waals surface area contributed by atoms with Gasteiger partial charge in [-0.2, -0.15) is 0 Å². The van der Waals surface area contributed by atoms with Crippen molar-refractivity contribution in [2.75, 3.05) is 6.54 Å². The molecule has 2 N–H and O–H groups in total. The van der Waals surface area contributed by atoms with Crippen molar-refractivity contribution in [1.82, 2.24) is 10.3 Å². The fourth-order valence-corrected chi connectivity index (χ4v) is 1.82. The van der Waals surface area contributed by atoms with Gasteiger partial charge in [-0.1, -0.05) is 13.8 Å². The summed E-state index contributed by atoms with van der Waals surface area (Å²) in [7, 11) is 0. The van der Waals surface area contributed by atoms with Crippen molar-refractivity contribution in [2.45, 2.75) is 40.5 Å². The molecule has 0 atom stereocenters. The Bertz CT molecular complexity index is 353. The predicted octanol–water partition coefficient (Wildman–Crippen LogP) is 2.34. The zero-order valence-corrected chi connectivity index (χ0v) is 10.7. The Kier molecular flexibility index (Phi) is 4.59. The molecular weight excluding hydrogens is 200 g/mol. The standard InChI is InChI=1S/C13H22N2O/c1-9(2)7-13(16)14-6-5-12-8-10(3)15-11(12)4/h8-9,15H,5-7H2,1-4H3,(H,14,16). The van der Waals surface area contributed by atoms with Gasteiger partial charge in [0.1, 0.15) is 0 Å². The van der Waals surface area contributed by atoms with Crippen molar-refractivity contribution in [1.29, 1.82) is 0 Å². The highest BCUT2D eigenvalue weighted by Gasteiger charge is 2.05. The molecule has 0 saturated heterocycles. The lowest BCUT2D eigenvalue weighted by Crippen LogP contribution is -2.26. The molecule has 1 heterocycles. The van der Waals surface area contributed by atoms with Gasteiger partial charge in [0.2, 0.25) is 5.91 Å². The van der Waals surface area contributed by atoms with E-state index >= 15 is 0 Å². The van der Waals surface area contributed by atoms with E-state index in [2.05, 4.69) is 37.1 Å². The van der Waals surface area contributed by atoms with Gasteiger partial charge in [0.25, 0.3) is 0 Å². The third-order valence-electron chi connectivity index (χ3n) is 2.57. The molecule has 3 nitrogen and oxygen atoms in total. The van der Waals surface area contributed by atoms with E-state index in [1.165, 1.54) is 17.0 Å². The number of H-pyrrole nitrogens is 1. The molecule has 1 aromatic rings. The fraction of sp³-hybridized carbons (Fsp3) is 0.615. The first kappa shape index (κ1) is 12.8. The molecule has 0 aliphatic carbocycles. The lowest BCUT2D eigenvalue weighted by Gasteiger charge is -2.06. The van der Waals surface area contributed by atoms with E-state index < -0.39 is 0 Å². The van der Waals surface area contributed by atoms with Crippen LogP contribution >= 0.6 is 0 Å². The molecule has 0 aromatic carbocycles. The van der Waals surface area contributed by atoms with Crippen molar-refractivity contribution >= 4 is 5.91 Å². The number of aryl methyl sites for hydroxylation is 2. The smallest absolute Gasteiger partial charge is 0.220 e. The molecule has 0 unspecified atom stereocenters. The number of hydrogen-bond acceptors (Lipinski definition) is 1. The molecule has 0 fully saturated rings. The van der Waals surface area contributed by atoms with Crippen LogP contribution in [0.2, 0.25) is 0 Å². The van der Waals surface area contributed by atoms with Crippen molar-refractivity contribution in [3.05, 3.63) is 23.0 Å². The summed E-state index contributed by atoms with van der Waals surface area (Å²) in [6.07, 6.45) is 1.52. The molecule has 90 valence electrons. The van der Waals surface area contributed by atoms with Gasteiger partial charge >= 0.3 is 0 Å². The van der Waals surface area contributed by atoms with E-state index in [4.69, 9.17) is 0 Å². The maximum atomic E-state index is 11.4. The summed E-state index contributed by atoms with van der Waals surface area (Å²) in [6, 6.07) is 2.14. The normalized spacial score (nSPS) is 10.8. The average molecular weight is 222 g/mol. The van der Waals surface area contributed by atoms with Crippen LogP contribution in [0.4, 0.5) is 0 Å². The second-order valence-corrected chi connectivity index (χ2v) is 4.80. The van der Waals surface area contributed by atoms with Crippen LogP contribution < -0.4 is 5.32 Å². The molecule has 0 radical (unpaired) electrons. The number of nitrogens with one attached hydrogen (secondary N) is 2. The van der Waals surface area contributed by atoms with Crippen molar-refractivity contribution < 1.29 is 4.79 Å². The maximum absolute atomic E-state index is 11.4. The number of amides is 1. The number of carbonyl (C=O) groups excluding carboxylic acids is 1. The number of rotatable bonds is 5. The van der Waals surface area contributed by atoms with Gasteiger partial charge < -0.3 is 10.3 Å². The number of carbonyl (C=O) groups is 1. The molecule has 1 aromatic heterocycles. The minimum Gasteiger partial charge on any atom is -0.362 e. The minimum absolute atomic E-state index is 0.153. The third-order valence-corrected chi connectivity index (χ3v) is 2.57. The van der Waals surface area contributed by atoms with Crippen LogP contribution in [-0.2, 0) is 11.2 Å². The van der Waals surface area contributed by atoms with Crippen LogP contribution in [0.3, 0.4) is 0 Å². The molecule has 0 saturated carbocycles. The van der Waals surface area contributed by atoms with E-state index in [0.717, 1.165) is 13.0 Å². The average Bonchev–Trinajstić information content (AvgIpc) is 2.44. The largest absolute Gasteiger partial charge is 0.362 e. The summed E-state index contributed by atoms with van der Waals surface area (Å²) in [5, 5.41) is 2.95. The predicted molar refractivity (Wildman–Crippen MR) is 66.4 cm³/mol. The highest BCUT2D eigenvalue weighted by molar-refractivity contribution is 5.76. The van der Waals surface area contributed by atoms with E-state index in [1.54, 1.807) is 0 Å². The summed E-state index contributed by atoms with van der Waals surface area (Å²) in [6.45, 7) is 8.95. The number of aromatic amines is 1. The number of aromatic nitrogens is 1. The summed E-state index contributed by atoms with van der Waals surface area (Å²) in [5.41, 5.74) is 3.68. The molecule has 16 heavy (non-hydrogen) atoms. The first-order chi connectivity index (χ1) is 7.49. The van der Waals surface area contributed by atoms with Gasteiger partial charge in [0.05, 0.1) is 0 Å². The minimum atomic E-state index is 0.153. The Morgan fingerprint density at radius 2 is 2.12 bits per heavy atom. The highest BCUT2D eigenvalue weighted by atomic mass is 16.1. The summed E-state index contributed by atoms with van der Waals surface area (Å²) in [4.78, 5) is 14.7. The zero-order valence-electron chi connectivity index (χ0n) is 10.7. The van der Waals surface area contributed by atoms with E-state index in [-0.39, 0.29) is 5.91 Å². The van der Waals surface area contributed by atoms with Gasteiger partial charge in [-0.05, 0) is 37.8 Å². The lowest BCUT2D eigenvalue weighted by molar-refractivity contribution is -0.121. The van der Waals surface area contributed by atoms with Crippen LogP contribution in [0, 0.1) is 19.8 Å². The second-order valence-electron chi connectivity index (χ2n) is 4.80. The Labute approximate surface area is 97.6 Å². The van der Waals surface area contributed by atoms with E-state index in [9.17, 15) is 4.79 Å². The summed E-state index contributed by atoms with van der Waals surface area (Å²) in [5.74, 6) is 0.580. The quantitative estimate of drug-likeness (QED) is 0.789. The lowest BCUT2D eigenvalue weighted by atomic mass is 10.1. The second kappa shape index (κ2) is 5.73. The van der Waals surface area contributed by atoms with Gasteiger partial charge in [0.15, 0.2) is 0 Å². The van der Waals surface area contributed by atoms with E-state index in [1.807, 2.05) is 6.92 Å². The molecule has 0 spiro atoms. The van der Waals surface area contributed by atoms with Gasteiger partial charge in [-0.15, -0.1) is 0 Å². The molecule has 0 aliphatic heterocycles. The third kappa shape index (κ3) is 4.09. The first-order valence-corrected chi connectivity index (χ1v) is 5.91. The zero-order chi connectivity index (χ0) is 12.1. The molecule has 3 heteroatoms. The van der Waals surface area contributed by atoms with Crippen molar-refractivity contribution in [2.24, 2.45) is 5.92 Å². The first-order valence-electron chi connectivity index (χ1n) is 5.91. The number of hydrogen-bond donors (Lipinski definition) is 2. The van der Waals surface area contributed by atoms with Crippen LogP contribution in [0.5, 0.6) is 0 Å². The molecular formula is C13H22N2O. The van der Waals surface area contributed by atoms with E-state index in [0.29, 0.717) is 12.3 Å². The molecule has 0 aliphatic rings. The fourth-order valence-electron chi connectivity index (χ4n) is 1.82. The van der Waals surface area contributed by atoms with Gasteiger partial charge in [0, 0.05) is 24.4 Å². The van der Waals surface area contributed by atoms with Gasteiger partial charge in [-0.25, -0.2) is 0 Å². The Morgan fingerprint density at radius 3 is 2.62 bits per heavy atom.